The second kappa shape index (κ2) is 7.18. The van der Waals surface area contributed by atoms with Crippen LogP contribution in [-0.4, -0.2) is 5.11 Å². The van der Waals surface area contributed by atoms with Crippen LogP contribution in [0.25, 0.3) is 0 Å². The second-order valence-electron chi connectivity index (χ2n) is 6.02. The highest BCUT2D eigenvalue weighted by atomic mass is 16.4. The summed E-state index contributed by atoms with van der Waals surface area (Å²) < 4.78 is 5.23. The summed E-state index contributed by atoms with van der Waals surface area (Å²) >= 11 is 0. The van der Waals surface area contributed by atoms with Gasteiger partial charge in [-0.2, -0.15) is 0 Å². The Morgan fingerprint density at radius 2 is 1.42 bits per heavy atom. The fourth-order valence-electron chi connectivity index (χ4n) is 3.05. The van der Waals surface area contributed by atoms with Crippen LogP contribution in [0.1, 0.15) is 28.4 Å². The lowest BCUT2D eigenvalue weighted by Gasteiger charge is -2.18. The van der Waals surface area contributed by atoms with Crippen molar-refractivity contribution < 1.29 is 9.52 Å². The van der Waals surface area contributed by atoms with Gasteiger partial charge < -0.3 is 9.52 Å². The Balaban J connectivity index is 2.00. The maximum atomic E-state index is 12.4. The molecule has 0 aliphatic heterocycles. The molecule has 0 aliphatic rings. The lowest BCUT2D eigenvalue weighted by molar-refractivity contribution is 0.411. The molecule has 122 valence electrons. The number of hydrogen-bond acceptors (Lipinski definition) is 3. The van der Waals surface area contributed by atoms with Gasteiger partial charge in [0.2, 0.25) is 0 Å². The maximum Gasteiger partial charge on any atom is 0.343 e. The molecular formula is C21H20O3. The predicted molar refractivity (Wildman–Crippen MR) is 94.4 cm³/mol. The fourth-order valence-corrected chi connectivity index (χ4v) is 3.05. The van der Waals surface area contributed by atoms with E-state index in [1.807, 2.05) is 60.7 Å². The molecule has 0 atom stereocenters. The van der Waals surface area contributed by atoms with E-state index in [1.165, 1.54) is 6.07 Å². The third-order valence-corrected chi connectivity index (χ3v) is 4.15. The van der Waals surface area contributed by atoms with Crippen LogP contribution in [0.3, 0.4) is 0 Å². The summed E-state index contributed by atoms with van der Waals surface area (Å²) in [6.45, 7) is 1.66. The Morgan fingerprint density at radius 3 is 1.88 bits per heavy atom. The SMILES string of the molecule is Cc1cc(O)c(C(Cc2ccccc2)Cc2ccccc2)c(=O)o1. The molecule has 0 saturated heterocycles. The first-order chi connectivity index (χ1) is 11.6. The summed E-state index contributed by atoms with van der Waals surface area (Å²) in [5.74, 6) is 0.284. The summed E-state index contributed by atoms with van der Waals surface area (Å²) in [4.78, 5) is 12.4. The molecule has 0 aliphatic carbocycles. The van der Waals surface area contributed by atoms with Crippen LogP contribution in [0.2, 0.25) is 0 Å². The number of aryl methyl sites for hydroxylation is 1. The van der Waals surface area contributed by atoms with Gasteiger partial charge in [-0.1, -0.05) is 60.7 Å². The van der Waals surface area contributed by atoms with E-state index in [-0.39, 0.29) is 11.7 Å². The predicted octanol–water partition coefficient (Wildman–Crippen LogP) is 4.22. The van der Waals surface area contributed by atoms with Crippen LogP contribution in [0.5, 0.6) is 5.75 Å². The number of rotatable bonds is 5. The summed E-state index contributed by atoms with van der Waals surface area (Å²) in [6, 6.07) is 21.5. The summed E-state index contributed by atoms with van der Waals surface area (Å²) in [6.07, 6.45) is 1.33. The Bertz CT molecular complexity index is 810. The second-order valence-corrected chi connectivity index (χ2v) is 6.02. The van der Waals surface area contributed by atoms with Gasteiger partial charge in [0.1, 0.15) is 11.5 Å². The average Bonchev–Trinajstić information content (AvgIpc) is 2.55. The third-order valence-electron chi connectivity index (χ3n) is 4.15. The highest BCUT2D eigenvalue weighted by Crippen LogP contribution is 2.29. The Hall–Kier alpha value is -2.81. The van der Waals surface area contributed by atoms with Crippen molar-refractivity contribution >= 4 is 0 Å². The summed E-state index contributed by atoms with van der Waals surface area (Å²) in [5.41, 5.74) is 2.15. The Morgan fingerprint density at radius 1 is 0.917 bits per heavy atom. The first-order valence-electron chi connectivity index (χ1n) is 8.05. The number of hydrogen-bond donors (Lipinski definition) is 1. The van der Waals surface area contributed by atoms with Crippen LogP contribution in [-0.2, 0) is 12.8 Å². The van der Waals surface area contributed by atoms with Crippen molar-refractivity contribution in [2.45, 2.75) is 25.7 Å². The molecule has 1 heterocycles. The van der Waals surface area contributed by atoms with E-state index in [2.05, 4.69) is 0 Å². The van der Waals surface area contributed by atoms with E-state index in [0.29, 0.717) is 24.2 Å². The van der Waals surface area contributed by atoms with Crippen molar-refractivity contribution in [3.05, 3.63) is 99.6 Å². The molecule has 0 amide bonds. The fraction of sp³-hybridized carbons (Fsp3) is 0.190. The van der Waals surface area contributed by atoms with Gasteiger partial charge in [0, 0.05) is 12.0 Å². The molecular weight excluding hydrogens is 300 g/mol. The van der Waals surface area contributed by atoms with Gasteiger partial charge in [0.25, 0.3) is 0 Å². The van der Waals surface area contributed by atoms with Gasteiger partial charge in [-0.15, -0.1) is 0 Å². The largest absolute Gasteiger partial charge is 0.507 e. The molecule has 24 heavy (non-hydrogen) atoms. The summed E-state index contributed by atoms with van der Waals surface area (Å²) in [5, 5.41) is 10.3. The minimum absolute atomic E-state index is 0.0145. The van der Waals surface area contributed by atoms with E-state index >= 15 is 0 Å². The van der Waals surface area contributed by atoms with E-state index in [0.717, 1.165) is 11.1 Å². The van der Waals surface area contributed by atoms with Crippen molar-refractivity contribution in [1.82, 2.24) is 0 Å². The molecule has 0 spiro atoms. The van der Waals surface area contributed by atoms with E-state index in [4.69, 9.17) is 4.42 Å². The molecule has 3 heteroatoms. The molecule has 2 aromatic carbocycles. The molecule has 3 nitrogen and oxygen atoms in total. The van der Waals surface area contributed by atoms with E-state index in [1.54, 1.807) is 6.92 Å². The molecule has 3 rings (SSSR count). The molecule has 3 aromatic rings. The number of benzene rings is 2. The lowest BCUT2D eigenvalue weighted by Crippen LogP contribution is -2.17. The zero-order valence-electron chi connectivity index (χ0n) is 13.6. The molecule has 0 fully saturated rings. The van der Waals surface area contributed by atoms with Crippen LogP contribution in [0.15, 0.2) is 75.9 Å². The molecule has 0 radical (unpaired) electrons. The Labute approximate surface area is 141 Å². The average molecular weight is 320 g/mol. The Kier molecular flexibility index (Phi) is 4.80. The van der Waals surface area contributed by atoms with Crippen LogP contribution < -0.4 is 5.63 Å². The quantitative estimate of drug-likeness (QED) is 0.765. The van der Waals surface area contributed by atoms with Crippen molar-refractivity contribution in [1.29, 1.82) is 0 Å². The molecule has 1 N–H and O–H groups in total. The minimum atomic E-state index is -0.454. The van der Waals surface area contributed by atoms with E-state index < -0.39 is 5.63 Å². The topological polar surface area (TPSA) is 50.4 Å². The highest BCUT2D eigenvalue weighted by molar-refractivity contribution is 5.36. The molecule has 0 bridgehead atoms. The van der Waals surface area contributed by atoms with Crippen LogP contribution in [0.4, 0.5) is 0 Å². The zero-order valence-corrected chi connectivity index (χ0v) is 13.6. The third kappa shape index (κ3) is 3.74. The monoisotopic (exact) mass is 320 g/mol. The first-order valence-corrected chi connectivity index (χ1v) is 8.05. The van der Waals surface area contributed by atoms with Gasteiger partial charge in [-0.05, 0) is 30.9 Å². The minimum Gasteiger partial charge on any atom is -0.507 e. The van der Waals surface area contributed by atoms with Crippen LogP contribution >= 0.6 is 0 Å². The smallest absolute Gasteiger partial charge is 0.343 e. The zero-order chi connectivity index (χ0) is 16.9. The van der Waals surface area contributed by atoms with E-state index in [9.17, 15) is 9.90 Å². The van der Waals surface area contributed by atoms with Gasteiger partial charge in [0.15, 0.2) is 0 Å². The molecule has 0 saturated carbocycles. The van der Waals surface area contributed by atoms with Crippen molar-refractivity contribution in [3.63, 3.8) is 0 Å². The highest BCUT2D eigenvalue weighted by Gasteiger charge is 2.22. The molecule has 0 unspecified atom stereocenters. The van der Waals surface area contributed by atoms with Crippen molar-refractivity contribution in [3.8, 4) is 5.75 Å². The maximum absolute atomic E-state index is 12.4. The van der Waals surface area contributed by atoms with Crippen LogP contribution in [0, 0.1) is 6.92 Å². The number of aromatic hydroxyl groups is 1. The lowest BCUT2D eigenvalue weighted by atomic mass is 9.87. The molecule has 1 aromatic heterocycles. The van der Waals surface area contributed by atoms with Gasteiger partial charge in [-0.3, -0.25) is 0 Å². The standard InChI is InChI=1S/C21H20O3/c1-15-12-19(22)20(21(23)24-15)18(13-16-8-4-2-5-9-16)14-17-10-6-3-7-11-17/h2-12,18,22H,13-14H2,1H3. The summed E-state index contributed by atoms with van der Waals surface area (Å²) in [7, 11) is 0. The normalized spacial score (nSPS) is 10.9. The van der Waals surface area contributed by atoms with Gasteiger partial charge in [0.05, 0.1) is 5.56 Å². The van der Waals surface area contributed by atoms with Gasteiger partial charge >= 0.3 is 5.63 Å². The van der Waals surface area contributed by atoms with Crippen molar-refractivity contribution in [2.75, 3.05) is 0 Å². The van der Waals surface area contributed by atoms with Crippen molar-refractivity contribution in [2.24, 2.45) is 0 Å². The first kappa shape index (κ1) is 16.1. The van der Waals surface area contributed by atoms with Gasteiger partial charge in [-0.25, -0.2) is 4.79 Å².